The van der Waals surface area contributed by atoms with Crippen LogP contribution in [0.25, 0.3) is 5.65 Å². The number of pyridine rings is 1. The van der Waals surface area contributed by atoms with Crippen molar-refractivity contribution in [3.05, 3.63) is 100 Å². The summed E-state index contributed by atoms with van der Waals surface area (Å²) in [6.45, 7) is 2.06. The van der Waals surface area contributed by atoms with E-state index < -0.39 is 0 Å². The largest absolute Gasteiger partial charge is 0.350 e. The molecule has 178 valence electrons. The summed E-state index contributed by atoms with van der Waals surface area (Å²) in [5.41, 5.74) is 3.85. The van der Waals surface area contributed by atoms with E-state index in [9.17, 15) is 14.4 Å². The third-order valence-electron chi connectivity index (χ3n) is 5.99. The zero-order valence-corrected chi connectivity index (χ0v) is 19.2. The van der Waals surface area contributed by atoms with Gasteiger partial charge in [0.15, 0.2) is 5.65 Å². The number of carbonyl (C=O) groups is 2. The lowest BCUT2D eigenvalue weighted by Crippen LogP contribution is -2.28. The highest BCUT2D eigenvalue weighted by Crippen LogP contribution is 2.15. The molecule has 35 heavy (non-hydrogen) atoms. The fourth-order valence-electron chi connectivity index (χ4n) is 4.28. The summed E-state index contributed by atoms with van der Waals surface area (Å²) in [6.07, 6.45) is 3.22. The number of nitrogens with zero attached hydrogens (tertiary/aromatic N) is 4. The van der Waals surface area contributed by atoms with Gasteiger partial charge in [0.05, 0.1) is 6.54 Å². The third kappa shape index (κ3) is 5.24. The molecule has 0 unspecified atom stereocenters. The Balaban J connectivity index is 1.18. The molecular formula is C26H26N6O3. The molecular weight excluding hydrogens is 444 g/mol. The van der Waals surface area contributed by atoms with Gasteiger partial charge in [0.2, 0.25) is 5.91 Å². The van der Waals surface area contributed by atoms with Crippen molar-refractivity contribution in [2.24, 2.45) is 0 Å². The molecule has 1 fully saturated rings. The first-order valence-corrected chi connectivity index (χ1v) is 11.6. The van der Waals surface area contributed by atoms with Crippen LogP contribution in [-0.2, 0) is 24.4 Å². The Morgan fingerprint density at radius 2 is 1.71 bits per heavy atom. The number of benzene rings is 2. The van der Waals surface area contributed by atoms with Crippen LogP contribution >= 0.6 is 0 Å². The molecule has 4 aromatic rings. The molecule has 9 heteroatoms. The van der Waals surface area contributed by atoms with E-state index in [4.69, 9.17) is 0 Å². The Morgan fingerprint density at radius 3 is 2.51 bits per heavy atom. The number of nitrogens with one attached hydrogen (secondary N) is 2. The molecule has 3 amide bonds. The van der Waals surface area contributed by atoms with Crippen molar-refractivity contribution in [3.63, 3.8) is 0 Å². The van der Waals surface area contributed by atoms with Crippen molar-refractivity contribution in [1.82, 2.24) is 24.4 Å². The van der Waals surface area contributed by atoms with Crippen molar-refractivity contribution in [2.45, 2.75) is 32.5 Å². The fraction of sp³-hybridized carbons (Fsp3) is 0.231. The lowest BCUT2D eigenvalue weighted by atomic mass is 10.1. The number of fused-ring (bicyclic) bond motifs is 1. The predicted molar refractivity (Wildman–Crippen MR) is 132 cm³/mol. The number of amides is 3. The highest BCUT2D eigenvalue weighted by atomic mass is 16.2. The monoisotopic (exact) mass is 470 g/mol. The van der Waals surface area contributed by atoms with Crippen LogP contribution in [0.15, 0.2) is 77.7 Å². The van der Waals surface area contributed by atoms with Crippen molar-refractivity contribution >= 4 is 23.3 Å². The van der Waals surface area contributed by atoms with E-state index in [0.29, 0.717) is 37.4 Å². The number of hydrogen-bond donors (Lipinski definition) is 2. The molecule has 0 aliphatic carbocycles. The molecule has 0 atom stereocenters. The molecule has 9 nitrogen and oxygen atoms in total. The van der Waals surface area contributed by atoms with Crippen LogP contribution in [-0.4, -0.2) is 37.6 Å². The second-order valence-electron chi connectivity index (χ2n) is 8.62. The Labute approximate surface area is 202 Å². The number of hydrogen-bond acceptors (Lipinski definition) is 4. The van der Waals surface area contributed by atoms with Gasteiger partial charge in [0.1, 0.15) is 0 Å². The molecule has 1 aliphatic heterocycles. The smallest absolute Gasteiger partial charge is 0.338 e. The van der Waals surface area contributed by atoms with Crippen LogP contribution < -0.4 is 16.3 Å². The van der Waals surface area contributed by atoms with Gasteiger partial charge in [-0.25, -0.2) is 14.3 Å². The number of rotatable bonds is 7. The number of likely N-dealkylation sites (tertiary alicyclic amines) is 1. The van der Waals surface area contributed by atoms with Crippen molar-refractivity contribution in [1.29, 1.82) is 0 Å². The Hall–Kier alpha value is -4.40. The molecule has 0 spiro atoms. The minimum absolute atomic E-state index is 0.196. The quantitative estimate of drug-likeness (QED) is 0.434. The summed E-state index contributed by atoms with van der Waals surface area (Å²) < 4.78 is 2.89. The maximum atomic E-state index is 12.5. The maximum absolute atomic E-state index is 12.5. The Morgan fingerprint density at radius 1 is 0.914 bits per heavy atom. The summed E-state index contributed by atoms with van der Waals surface area (Å²) in [5.74, 6) is 0.196. The average molecular weight is 471 g/mol. The summed E-state index contributed by atoms with van der Waals surface area (Å²) in [7, 11) is 0. The molecule has 2 aromatic carbocycles. The topological polar surface area (TPSA) is 101 Å². The zero-order valence-electron chi connectivity index (χ0n) is 19.2. The van der Waals surface area contributed by atoms with Crippen LogP contribution in [0.1, 0.15) is 29.5 Å². The first-order valence-electron chi connectivity index (χ1n) is 11.6. The van der Waals surface area contributed by atoms with Crippen LogP contribution in [0.2, 0.25) is 0 Å². The highest BCUT2D eigenvalue weighted by molar-refractivity contribution is 5.89. The van der Waals surface area contributed by atoms with Crippen molar-refractivity contribution < 1.29 is 9.59 Å². The van der Waals surface area contributed by atoms with Gasteiger partial charge in [-0.15, -0.1) is 5.10 Å². The van der Waals surface area contributed by atoms with E-state index in [1.54, 1.807) is 24.4 Å². The zero-order chi connectivity index (χ0) is 24.2. The number of anilines is 1. The van der Waals surface area contributed by atoms with Gasteiger partial charge in [-0.3, -0.25) is 9.20 Å². The van der Waals surface area contributed by atoms with E-state index in [2.05, 4.69) is 15.7 Å². The van der Waals surface area contributed by atoms with E-state index >= 15 is 0 Å². The van der Waals surface area contributed by atoms with Crippen LogP contribution in [0, 0.1) is 0 Å². The molecule has 3 heterocycles. The van der Waals surface area contributed by atoms with E-state index in [-0.39, 0.29) is 17.6 Å². The molecule has 1 saturated heterocycles. The number of urea groups is 1. The van der Waals surface area contributed by atoms with Gasteiger partial charge >= 0.3 is 11.7 Å². The number of carbonyl (C=O) groups excluding carboxylic acids is 2. The predicted octanol–water partition coefficient (Wildman–Crippen LogP) is 2.99. The maximum Gasteiger partial charge on any atom is 0.350 e. The number of aromatic nitrogens is 3. The summed E-state index contributed by atoms with van der Waals surface area (Å²) in [5, 5.41) is 10.1. The standard InChI is InChI=1S/C26H26N6O3/c33-24-11-5-12-30(24)17-20-7-3-6-19(14-20)16-27-25(34)28-22-9-4-8-21(15-22)18-32-26(35)31-13-2-1-10-23(31)29-32/h1-4,6-10,13-15H,5,11-12,16-18H2,(H2,27,28,34). The SMILES string of the molecule is O=C(NCc1cccc(CN2CCCC2=O)c1)Nc1cccc(Cn2nc3ccccn3c2=O)c1. The van der Waals surface area contributed by atoms with E-state index in [0.717, 1.165) is 29.7 Å². The summed E-state index contributed by atoms with van der Waals surface area (Å²) >= 11 is 0. The van der Waals surface area contributed by atoms with Gasteiger partial charge in [-0.1, -0.05) is 42.5 Å². The molecule has 5 rings (SSSR count). The van der Waals surface area contributed by atoms with Crippen molar-refractivity contribution in [3.8, 4) is 0 Å². The summed E-state index contributed by atoms with van der Waals surface area (Å²) in [4.78, 5) is 38.7. The Kier molecular flexibility index (Phi) is 6.30. The minimum atomic E-state index is -0.327. The van der Waals surface area contributed by atoms with Gasteiger partial charge in [0.25, 0.3) is 0 Å². The molecule has 0 saturated carbocycles. The first-order chi connectivity index (χ1) is 17.0. The van der Waals surface area contributed by atoms with Crippen LogP contribution in [0.3, 0.4) is 0 Å². The van der Waals surface area contributed by atoms with Gasteiger partial charge < -0.3 is 15.5 Å². The molecule has 0 bridgehead atoms. The second kappa shape index (κ2) is 9.84. The Bertz CT molecular complexity index is 1440. The highest BCUT2D eigenvalue weighted by Gasteiger charge is 2.20. The fourth-order valence-corrected chi connectivity index (χ4v) is 4.28. The molecule has 2 N–H and O–H groups in total. The molecule has 1 aliphatic rings. The van der Waals surface area contributed by atoms with Gasteiger partial charge in [0, 0.05) is 37.9 Å². The molecule has 2 aromatic heterocycles. The van der Waals surface area contributed by atoms with Gasteiger partial charge in [-0.05, 0) is 47.4 Å². The summed E-state index contributed by atoms with van der Waals surface area (Å²) in [6, 6.07) is 20.3. The minimum Gasteiger partial charge on any atom is -0.338 e. The van der Waals surface area contributed by atoms with E-state index in [1.165, 1.54) is 9.08 Å². The third-order valence-corrected chi connectivity index (χ3v) is 5.99. The van der Waals surface area contributed by atoms with Crippen molar-refractivity contribution in [2.75, 3.05) is 11.9 Å². The average Bonchev–Trinajstić information content (AvgIpc) is 3.40. The van der Waals surface area contributed by atoms with E-state index in [1.807, 2.05) is 53.4 Å². The first kappa shape index (κ1) is 22.4. The lowest BCUT2D eigenvalue weighted by Gasteiger charge is -2.16. The van der Waals surface area contributed by atoms with Crippen LogP contribution in [0.4, 0.5) is 10.5 Å². The van der Waals surface area contributed by atoms with Gasteiger partial charge in [-0.2, -0.15) is 0 Å². The normalized spacial score (nSPS) is 13.4. The lowest BCUT2D eigenvalue weighted by molar-refractivity contribution is -0.128. The second-order valence-corrected chi connectivity index (χ2v) is 8.62. The van der Waals surface area contributed by atoms with Crippen LogP contribution in [0.5, 0.6) is 0 Å². The molecule has 0 radical (unpaired) electrons.